The number of carbonyl (C=O) groups is 2. The molecule has 6 nitrogen and oxygen atoms in total. The fourth-order valence-electron chi connectivity index (χ4n) is 4.84. The largest absolute Gasteiger partial charge is 0.351 e. The van der Waals surface area contributed by atoms with Gasteiger partial charge in [0.25, 0.3) is 5.91 Å². The predicted octanol–water partition coefficient (Wildman–Crippen LogP) is 3.51. The maximum Gasteiger partial charge on any atom is 0.271 e. The van der Waals surface area contributed by atoms with E-state index >= 15 is 0 Å². The van der Waals surface area contributed by atoms with E-state index in [9.17, 15) is 9.59 Å². The summed E-state index contributed by atoms with van der Waals surface area (Å²) in [5.74, 6) is -0.194. The molecule has 1 N–H and O–H groups in total. The minimum atomic E-state index is -0.982. The monoisotopic (exact) mass is 402 g/mol. The Morgan fingerprint density at radius 2 is 2.00 bits per heavy atom. The molecule has 154 valence electrons. The summed E-state index contributed by atoms with van der Waals surface area (Å²) in [7, 11) is 0. The Bertz CT molecular complexity index is 1100. The van der Waals surface area contributed by atoms with Crippen LogP contribution < -0.4 is 5.32 Å². The number of nitrogens with zero attached hydrogens (tertiary/aromatic N) is 3. The van der Waals surface area contributed by atoms with Crippen molar-refractivity contribution in [2.24, 2.45) is 0 Å². The maximum absolute atomic E-state index is 13.7. The third kappa shape index (κ3) is 3.07. The minimum Gasteiger partial charge on any atom is -0.351 e. The molecular formula is C24H26N4O2. The van der Waals surface area contributed by atoms with Gasteiger partial charge in [0.1, 0.15) is 11.2 Å². The van der Waals surface area contributed by atoms with Crippen LogP contribution in [0.1, 0.15) is 48.7 Å². The highest BCUT2D eigenvalue weighted by Gasteiger charge is 2.48. The molecule has 0 unspecified atom stereocenters. The van der Waals surface area contributed by atoms with E-state index in [2.05, 4.69) is 10.3 Å². The summed E-state index contributed by atoms with van der Waals surface area (Å²) in [6.45, 7) is 2.67. The van der Waals surface area contributed by atoms with E-state index in [-0.39, 0.29) is 17.9 Å². The summed E-state index contributed by atoms with van der Waals surface area (Å²) in [6.07, 6.45) is 7.78. The lowest BCUT2D eigenvalue weighted by atomic mass is 9.93. The molecule has 6 heteroatoms. The quantitative estimate of drug-likeness (QED) is 0.726. The van der Waals surface area contributed by atoms with Crippen molar-refractivity contribution < 1.29 is 9.59 Å². The van der Waals surface area contributed by atoms with Crippen molar-refractivity contribution >= 4 is 22.7 Å². The van der Waals surface area contributed by atoms with Gasteiger partial charge in [-0.1, -0.05) is 37.1 Å². The van der Waals surface area contributed by atoms with Gasteiger partial charge in [-0.2, -0.15) is 0 Å². The van der Waals surface area contributed by atoms with E-state index in [4.69, 9.17) is 0 Å². The van der Waals surface area contributed by atoms with E-state index in [0.29, 0.717) is 18.8 Å². The summed E-state index contributed by atoms with van der Waals surface area (Å²) in [6, 6.07) is 13.9. The molecule has 1 aromatic carbocycles. The Morgan fingerprint density at radius 1 is 1.20 bits per heavy atom. The third-order valence-corrected chi connectivity index (χ3v) is 6.58. The zero-order chi connectivity index (χ0) is 20.7. The van der Waals surface area contributed by atoms with Gasteiger partial charge in [0.05, 0.1) is 6.54 Å². The molecule has 5 rings (SSSR count). The van der Waals surface area contributed by atoms with Gasteiger partial charge in [0, 0.05) is 35.9 Å². The number of benzene rings is 1. The van der Waals surface area contributed by atoms with Crippen LogP contribution in [0.15, 0.2) is 54.9 Å². The Balaban J connectivity index is 1.57. The fourth-order valence-corrected chi connectivity index (χ4v) is 4.84. The molecule has 0 saturated heterocycles. The number of carbonyl (C=O) groups excluding carboxylic acids is 2. The van der Waals surface area contributed by atoms with E-state index in [1.54, 1.807) is 17.3 Å². The van der Waals surface area contributed by atoms with Crippen LogP contribution in [0.2, 0.25) is 0 Å². The minimum absolute atomic E-state index is 0.0740. The average molecular weight is 402 g/mol. The first-order valence-electron chi connectivity index (χ1n) is 10.7. The number of rotatable bonds is 4. The van der Waals surface area contributed by atoms with Crippen LogP contribution in [0, 0.1) is 0 Å². The Hall–Kier alpha value is -3.15. The second-order valence-corrected chi connectivity index (χ2v) is 8.66. The molecule has 2 aliphatic rings. The molecule has 0 spiro atoms. The summed E-state index contributed by atoms with van der Waals surface area (Å²) in [5, 5.41) is 4.25. The first-order valence-corrected chi connectivity index (χ1v) is 10.7. The lowest BCUT2D eigenvalue weighted by Crippen LogP contribution is -2.64. The lowest BCUT2D eigenvalue weighted by molar-refractivity contribution is -0.133. The number of aromatic nitrogens is 2. The van der Waals surface area contributed by atoms with Crippen LogP contribution in [0.5, 0.6) is 0 Å². The molecule has 2 aromatic heterocycles. The maximum atomic E-state index is 13.7. The molecule has 0 radical (unpaired) electrons. The average Bonchev–Trinajstić information content (AvgIpc) is 3.40. The van der Waals surface area contributed by atoms with Gasteiger partial charge in [-0.15, -0.1) is 0 Å². The van der Waals surface area contributed by atoms with Gasteiger partial charge in [0.15, 0.2) is 0 Å². The number of nitrogens with one attached hydrogen (secondary N) is 1. The first-order chi connectivity index (χ1) is 14.6. The van der Waals surface area contributed by atoms with Crippen molar-refractivity contribution in [1.29, 1.82) is 0 Å². The predicted molar refractivity (Wildman–Crippen MR) is 115 cm³/mol. The van der Waals surface area contributed by atoms with Crippen LogP contribution in [0.3, 0.4) is 0 Å². The first kappa shape index (κ1) is 18.9. The van der Waals surface area contributed by atoms with E-state index in [1.807, 2.05) is 54.0 Å². The van der Waals surface area contributed by atoms with E-state index in [0.717, 1.165) is 42.1 Å². The van der Waals surface area contributed by atoms with Crippen molar-refractivity contribution in [3.8, 4) is 0 Å². The van der Waals surface area contributed by atoms with Crippen molar-refractivity contribution in [3.05, 3.63) is 66.1 Å². The zero-order valence-corrected chi connectivity index (χ0v) is 17.2. The Labute approximate surface area is 175 Å². The molecule has 0 bridgehead atoms. The number of para-hydroxylation sites is 1. The molecule has 1 atom stereocenters. The molecular weight excluding hydrogens is 376 g/mol. The molecule has 3 aromatic rings. The summed E-state index contributed by atoms with van der Waals surface area (Å²) >= 11 is 0. The van der Waals surface area contributed by atoms with Gasteiger partial charge in [-0.05, 0) is 43.5 Å². The molecule has 1 fully saturated rings. The summed E-state index contributed by atoms with van der Waals surface area (Å²) < 4.78 is 2.01. The number of hydrogen-bond acceptors (Lipinski definition) is 3. The van der Waals surface area contributed by atoms with Crippen LogP contribution in [-0.2, 0) is 17.9 Å². The second-order valence-electron chi connectivity index (χ2n) is 8.66. The van der Waals surface area contributed by atoms with Crippen molar-refractivity contribution in [2.45, 2.75) is 57.3 Å². The molecule has 30 heavy (non-hydrogen) atoms. The molecule has 1 aliphatic carbocycles. The number of pyridine rings is 1. The van der Waals surface area contributed by atoms with Gasteiger partial charge < -0.3 is 14.8 Å². The molecule has 1 aliphatic heterocycles. The Morgan fingerprint density at radius 3 is 2.77 bits per heavy atom. The van der Waals surface area contributed by atoms with E-state index < -0.39 is 5.54 Å². The highest BCUT2D eigenvalue weighted by atomic mass is 16.2. The van der Waals surface area contributed by atoms with Crippen LogP contribution >= 0.6 is 0 Å². The van der Waals surface area contributed by atoms with Crippen LogP contribution in [0.25, 0.3) is 10.9 Å². The summed E-state index contributed by atoms with van der Waals surface area (Å²) in [4.78, 5) is 33.1. The van der Waals surface area contributed by atoms with Crippen LogP contribution in [0.4, 0.5) is 0 Å². The normalized spacial score (nSPS) is 21.8. The van der Waals surface area contributed by atoms with Crippen molar-refractivity contribution in [2.75, 3.05) is 0 Å². The van der Waals surface area contributed by atoms with E-state index in [1.165, 1.54) is 0 Å². The SMILES string of the molecule is C[C@@]1(C(=O)NC2CCCC2)Cn2c(cc3ccccc32)C(=O)N1Cc1cccnc1. The van der Waals surface area contributed by atoms with Gasteiger partial charge in [0.2, 0.25) is 5.91 Å². The summed E-state index contributed by atoms with van der Waals surface area (Å²) in [5.41, 5.74) is 1.55. The number of amides is 2. The third-order valence-electron chi connectivity index (χ3n) is 6.58. The second kappa shape index (κ2) is 7.27. The molecule has 3 heterocycles. The lowest BCUT2D eigenvalue weighted by Gasteiger charge is -2.44. The smallest absolute Gasteiger partial charge is 0.271 e. The zero-order valence-electron chi connectivity index (χ0n) is 17.2. The standard InChI is InChI=1S/C24H26N4O2/c1-24(23(30)26-19-9-3-4-10-19)16-27-20-11-5-2-8-18(20)13-21(27)22(29)28(24)15-17-7-6-12-25-14-17/h2,5-8,11-14,19H,3-4,9-10,15-16H2,1H3,(H,26,30)/t24-/m0/s1. The number of fused-ring (bicyclic) bond motifs is 3. The van der Waals surface area contributed by atoms with Gasteiger partial charge >= 0.3 is 0 Å². The number of hydrogen-bond donors (Lipinski definition) is 1. The highest BCUT2D eigenvalue weighted by Crippen LogP contribution is 2.34. The molecule has 1 saturated carbocycles. The van der Waals surface area contributed by atoms with Gasteiger partial charge in [-0.3, -0.25) is 14.6 Å². The highest BCUT2D eigenvalue weighted by molar-refractivity contribution is 6.03. The Kier molecular flexibility index (Phi) is 4.57. The van der Waals surface area contributed by atoms with Crippen molar-refractivity contribution in [1.82, 2.24) is 19.8 Å². The molecule has 2 amide bonds. The van der Waals surface area contributed by atoms with Gasteiger partial charge in [-0.25, -0.2) is 0 Å². The van der Waals surface area contributed by atoms with Crippen LogP contribution in [-0.4, -0.2) is 37.8 Å². The topological polar surface area (TPSA) is 67.2 Å². The van der Waals surface area contributed by atoms with Crippen molar-refractivity contribution in [3.63, 3.8) is 0 Å². The fraction of sp³-hybridized carbons (Fsp3) is 0.375.